The van der Waals surface area contributed by atoms with Gasteiger partial charge in [0.25, 0.3) is 0 Å². The van der Waals surface area contributed by atoms with Crippen LogP contribution in [0.2, 0.25) is 0 Å². The molecule has 0 spiro atoms. The summed E-state index contributed by atoms with van der Waals surface area (Å²) < 4.78 is 5.87. The van der Waals surface area contributed by atoms with E-state index >= 15 is 0 Å². The van der Waals surface area contributed by atoms with E-state index in [1.54, 1.807) is 0 Å². The maximum atomic E-state index is 9.83. The molecule has 0 saturated heterocycles. The normalized spacial score (nSPS) is 13.6. The standard InChI is InChI=1S/C20H27NO2/c1-3-17(12-18(22)13-21)20-10-9-19(11-15(20)2)23-14-16-7-5-4-6-8-16/h4-11,17-18,22H,3,12-14,21H2,1-2H3. The lowest BCUT2D eigenvalue weighted by atomic mass is 9.88. The number of hydrogen-bond donors (Lipinski definition) is 2. The molecule has 124 valence electrons. The average Bonchev–Trinajstić information content (AvgIpc) is 2.59. The van der Waals surface area contributed by atoms with Crippen molar-refractivity contribution in [2.75, 3.05) is 6.54 Å². The van der Waals surface area contributed by atoms with Crippen LogP contribution in [-0.4, -0.2) is 17.8 Å². The van der Waals surface area contributed by atoms with Gasteiger partial charge in [0.15, 0.2) is 0 Å². The number of aliphatic hydroxyl groups is 1. The van der Waals surface area contributed by atoms with Crippen LogP contribution in [0.15, 0.2) is 48.5 Å². The van der Waals surface area contributed by atoms with Gasteiger partial charge in [0.05, 0.1) is 6.10 Å². The van der Waals surface area contributed by atoms with Crippen molar-refractivity contribution in [2.24, 2.45) is 5.73 Å². The van der Waals surface area contributed by atoms with E-state index < -0.39 is 6.10 Å². The van der Waals surface area contributed by atoms with Crippen LogP contribution in [0.25, 0.3) is 0 Å². The topological polar surface area (TPSA) is 55.5 Å². The Bertz CT molecular complexity index is 598. The van der Waals surface area contributed by atoms with E-state index in [1.807, 2.05) is 24.3 Å². The molecule has 0 bridgehead atoms. The highest BCUT2D eigenvalue weighted by atomic mass is 16.5. The smallest absolute Gasteiger partial charge is 0.120 e. The van der Waals surface area contributed by atoms with Crippen LogP contribution >= 0.6 is 0 Å². The van der Waals surface area contributed by atoms with Gasteiger partial charge in [-0.25, -0.2) is 0 Å². The van der Waals surface area contributed by atoms with Gasteiger partial charge < -0.3 is 15.6 Å². The molecule has 3 N–H and O–H groups in total. The number of ether oxygens (including phenoxy) is 1. The van der Waals surface area contributed by atoms with E-state index in [4.69, 9.17) is 10.5 Å². The van der Waals surface area contributed by atoms with Crippen molar-refractivity contribution in [2.45, 2.75) is 45.3 Å². The maximum Gasteiger partial charge on any atom is 0.120 e. The highest BCUT2D eigenvalue weighted by Gasteiger charge is 2.16. The predicted molar refractivity (Wildman–Crippen MR) is 94.7 cm³/mol. The van der Waals surface area contributed by atoms with Crippen molar-refractivity contribution in [3.05, 3.63) is 65.2 Å². The summed E-state index contributed by atoms with van der Waals surface area (Å²) in [6, 6.07) is 16.4. The lowest BCUT2D eigenvalue weighted by molar-refractivity contribution is 0.162. The van der Waals surface area contributed by atoms with E-state index in [-0.39, 0.29) is 0 Å². The van der Waals surface area contributed by atoms with Gasteiger partial charge in [-0.3, -0.25) is 0 Å². The molecule has 0 heterocycles. The minimum Gasteiger partial charge on any atom is -0.489 e. The van der Waals surface area contributed by atoms with Gasteiger partial charge in [0.2, 0.25) is 0 Å². The first-order chi connectivity index (χ1) is 11.1. The van der Waals surface area contributed by atoms with Crippen molar-refractivity contribution in [3.63, 3.8) is 0 Å². The quantitative estimate of drug-likeness (QED) is 0.780. The Morgan fingerprint density at radius 2 is 1.87 bits per heavy atom. The number of aryl methyl sites for hydroxylation is 1. The Labute approximate surface area is 139 Å². The molecule has 2 aromatic rings. The van der Waals surface area contributed by atoms with Gasteiger partial charge >= 0.3 is 0 Å². The Hall–Kier alpha value is -1.84. The SMILES string of the molecule is CCC(CC(O)CN)c1ccc(OCc2ccccc2)cc1C. The number of benzene rings is 2. The zero-order chi connectivity index (χ0) is 16.7. The van der Waals surface area contributed by atoms with E-state index in [0.29, 0.717) is 25.5 Å². The molecule has 0 radical (unpaired) electrons. The number of aliphatic hydroxyl groups excluding tert-OH is 1. The van der Waals surface area contributed by atoms with E-state index in [9.17, 15) is 5.11 Å². The first-order valence-corrected chi connectivity index (χ1v) is 8.29. The second kappa shape index (κ2) is 8.70. The molecule has 0 saturated carbocycles. The molecule has 0 aliphatic heterocycles. The first kappa shape index (κ1) is 17.5. The Morgan fingerprint density at radius 1 is 1.13 bits per heavy atom. The van der Waals surface area contributed by atoms with E-state index in [0.717, 1.165) is 17.7 Å². The largest absolute Gasteiger partial charge is 0.489 e. The summed E-state index contributed by atoms with van der Waals surface area (Å²) in [6.45, 7) is 5.13. The van der Waals surface area contributed by atoms with E-state index in [1.165, 1.54) is 11.1 Å². The average molecular weight is 313 g/mol. The van der Waals surface area contributed by atoms with E-state index in [2.05, 4.69) is 38.1 Å². The van der Waals surface area contributed by atoms with Crippen LogP contribution in [-0.2, 0) is 6.61 Å². The van der Waals surface area contributed by atoms with Crippen LogP contribution in [0.1, 0.15) is 42.4 Å². The van der Waals surface area contributed by atoms with Gasteiger partial charge in [-0.15, -0.1) is 0 Å². The summed E-state index contributed by atoms with van der Waals surface area (Å²) in [5.74, 6) is 1.21. The summed E-state index contributed by atoms with van der Waals surface area (Å²) in [7, 11) is 0. The van der Waals surface area contributed by atoms with Gasteiger partial charge in [0.1, 0.15) is 12.4 Å². The lowest BCUT2D eigenvalue weighted by Crippen LogP contribution is -2.22. The Balaban J connectivity index is 2.04. The molecule has 2 rings (SSSR count). The third-order valence-electron chi connectivity index (χ3n) is 4.25. The van der Waals surface area contributed by atoms with Crippen LogP contribution in [0.3, 0.4) is 0 Å². The number of nitrogens with two attached hydrogens (primary N) is 1. The molecule has 2 unspecified atom stereocenters. The number of rotatable bonds is 8. The van der Waals surface area contributed by atoms with Crippen molar-refractivity contribution in [3.8, 4) is 5.75 Å². The van der Waals surface area contributed by atoms with Crippen LogP contribution in [0, 0.1) is 6.92 Å². The monoisotopic (exact) mass is 313 g/mol. The van der Waals surface area contributed by atoms with Crippen LogP contribution < -0.4 is 10.5 Å². The highest BCUT2D eigenvalue weighted by Crippen LogP contribution is 2.30. The molecule has 3 nitrogen and oxygen atoms in total. The molecule has 0 amide bonds. The van der Waals surface area contributed by atoms with Crippen molar-refractivity contribution < 1.29 is 9.84 Å². The zero-order valence-corrected chi connectivity index (χ0v) is 14.0. The molecule has 0 aromatic heterocycles. The fraction of sp³-hybridized carbons (Fsp3) is 0.400. The second-order valence-electron chi connectivity index (χ2n) is 6.02. The molecule has 0 aliphatic carbocycles. The molecule has 23 heavy (non-hydrogen) atoms. The molecule has 2 atom stereocenters. The van der Waals surface area contributed by atoms with Gasteiger partial charge in [0, 0.05) is 6.54 Å². The molecule has 2 aromatic carbocycles. The Morgan fingerprint density at radius 3 is 2.48 bits per heavy atom. The van der Waals surface area contributed by atoms with Gasteiger partial charge in [-0.05, 0) is 54.5 Å². The summed E-state index contributed by atoms with van der Waals surface area (Å²) in [5, 5.41) is 9.83. The molecule has 0 fully saturated rings. The summed E-state index contributed by atoms with van der Waals surface area (Å²) in [4.78, 5) is 0. The van der Waals surface area contributed by atoms with Gasteiger partial charge in [-0.2, -0.15) is 0 Å². The summed E-state index contributed by atoms with van der Waals surface area (Å²) in [5.41, 5.74) is 9.17. The summed E-state index contributed by atoms with van der Waals surface area (Å²) in [6.07, 6.45) is 1.26. The maximum absolute atomic E-state index is 9.83. The third kappa shape index (κ3) is 5.08. The highest BCUT2D eigenvalue weighted by molar-refractivity contribution is 5.37. The van der Waals surface area contributed by atoms with Crippen molar-refractivity contribution >= 4 is 0 Å². The first-order valence-electron chi connectivity index (χ1n) is 8.29. The zero-order valence-electron chi connectivity index (χ0n) is 14.0. The van der Waals surface area contributed by atoms with Crippen LogP contribution in [0.4, 0.5) is 0 Å². The molecule has 3 heteroatoms. The minimum atomic E-state index is -0.437. The fourth-order valence-corrected chi connectivity index (χ4v) is 2.88. The number of hydrogen-bond acceptors (Lipinski definition) is 3. The lowest BCUT2D eigenvalue weighted by Gasteiger charge is -2.21. The molecular weight excluding hydrogens is 286 g/mol. The molecule has 0 aliphatic rings. The van der Waals surface area contributed by atoms with Crippen molar-refractivity contribution in [1.29, 1.82) is 0 Å². The third-order valence-corrected chi connectivity index (χ3v) is 4.25. The van der Waals surface area contributed by atoms with Crippen molar-refractivity contribution in [1.82, 2.24) is 0 Å². The van der Waals surface area contributed by atoms with Crippen LogP contribution in [0.5, 0.6) is 5.75 Å². The summed E-state index contributed by atoms with van der Waals surface area (Å²) >= 11 is 0. The fourth-order valence-electron chi connectivity index (χ4n) is 2.88. The predicted octanol–water partition coefficient (Wildman–Crippen LogP) is 3.78. The Kier molecular flexibility index (Phi) is 6.63. The second-order valence-corrected chi connectivity index (χ2v) is 6.02. The molecular formula is C20H27NO2. The minimum absolute atomic E-state index is 0.313. The van der Waals surface area contributed by atoms with Gasteiger partial charge in [-0.1, -0.05) is 43.3 Å².